The number of aryl methyl sites for hydroxylation is 1. The van der Waals surface area contributed by atoms with Crippen LogP contribution in [0.3, 0.4) is 0 Å². The molecule has 0 atom stereocenters. The van der Waals surface area contributed by atoms with E-state index >= 15 is 0 Å². The highest BCUT2D eigenvalue weighted by atomic mass is 35.5. The molecule has 2 aromatic heterocycles. The molecule has 126 valence electrons. The number of hydrogen-bond donors (Lipinski definition) is 1. The van der Waals surface area contributed by atoms with Crippen molar-refractivity contribution in [3.8, 4) is 0 Å². The number of unbranched alkanes of at least 4 members (excludes halogenated alkanes) is 2. The van der Waals surface area contributed by atoms with Crippen LogP contribution in [0.5, 0.6) is 0 Å². The van der Waals surface area contributed by atoms with Gasteiger partial charge in [-0.3, -0.25) is 9.20 Å². The van der Waals surface area contributed by atoms with E-state index in [9.17, 15) is 18.0 Å². The van der Waals surface area contributed by atoms with Crippen LogP contribution in [0.25, 0.3) is 5.65 Å². The fourth-order valence-corrected chi connectivity index (χ4v) is 2.56. The minimum Gasteiger partial charge on any atom is -0.351 e. The van der Waals surface area contributed by atoms with Crippen molar-refractivity contribution in [1.29, 1.82) is 0 Å². The van der Waals surface area contributed by atoms with Crippen LogP contribution in [0.2, 0.25) is 5.02 Å². The number of alkyl halides is 3. The van der Waals surface area contributed by atoms with Gasteiger partial charge in [-0.15, -0.1) is 0 Å². The topological polar surface area (TPSA) is 46.4 Å². The number of nitrogens with zero attached hydrogens (tertiary/aromatic N) is 2. The first kappa shape index (κ1) is 17.6. The van der Waals surface area contributed by atoms with Gasteiger partial charge < -0.3 is 5.32 Å². The van der Waals surface area contributed by atoms with Crippen LogP contribution in [-0.2, 0) is 6.18 Å². The molecule has 0 saturated carbocycles. The van der Waals surface area contributed by atoms with Crippen LogP contribution >= 0.6 is 11.6 Å². The molecule has 0 unspecified atom stereocenters. The summed E-state index contributed by atoms with van der Waals surface area (Å²) in [5, 5.41) is 2.56. The van der Waals surface area contributed by atoms with Crippen LogP contribution in [-0.4, -0.2) is 21.8 Å². The molecule has 0 aliphatic carbocycles. The van der Waals surface area contributed by atoms with E-state index in [0.29, 0.717) is 12.2 Å². The summed E-state index contributed by atoms with van der Waals surface area (Å²) >= 11 is 5.89. The zero-order valence-corrected chi connectivity index (χ0v) is 13.6. The highest BCUT2D eigenvalue weighted by Gasteiger charge is 2.32. The molecule has 1 amide bonds. The normalized spacial score (nSPS) is 11.9. The number of carbonyl (C=O) groups excluding carboxylic acids is 1. The first-order valence-electron chi connectivity index (χ1n) is 7.29. The van der Waals surface area contributed by atoms with Gasteiger partial charge in [0.1, 0.15) is 5.69 Å². The standard InChI is InChI=1S/C15H17ClF3N3O/c1-3-4-5-6-20-14(23)12-9(2)21-13-11(16)7-10(8-22(12)13)15(17,18)19/h7-8H,3-6H2,1-2H3,(H,20,23). The number of fused-ring (bicyclic) bond motifs is 1. The molecule has 0 aliphatic rings. The molecule has 2 heterocycles. The third-order valence-electron chi connectivity index (χ3n) is 3.46. The van der Waals surface area contributed by atoms with Crippen molar-refractivity contribution in [2.75, 3.05) is 6.54 Å². The molecular weight excluding hydrogens is 331 g/mol. The predicted octanol–water partition coefficient (Wildman–Crippen LogP) is 4.23. The summed E-state index contributed by atoms with van der Waals surface area (Å²) < 4.78 is 39.9. The molecule has 4 nitrogen and oxygen atoms in total. The van der Waals surface area contributed by atoms with Gasteiger partial charge in [-0.25, -0.2) is 4.98 Å². The van der Waals surface area contributed by atoms with E-state index in [-0.39, 0.29) is 16.4 Å². The van der Waals surface area contributed by atoms with Gasteiger partial charge in [0.05, 0.1) is 16.3 Å². The summed E-state index contributed by atoms with van der Waals surface area (Å²) in [6.45, 7) is 4.07. The molecular formula is C15H17ClF3N3O. The fraction of sp³-hybridized carbons (Fsp3) is 0.467. The minimum atomic E-state index is -4.55. The molecule has 0 bridgehead atoms. The average molecular weight is 348 g/mol. The molecule has 0 aliphatic heterocycles. The predicted molar refractivity (Wildman–Crippen MR) is 81.8 cm³/mol. The maximum atomic E-state index is 12.9. The lowest BCUT2D eigenvalue weighted by Crippen LogP contribution is -2.26. The Hall–Kier alpha value is -1.76. The Morgan fingerprint density at radius 3 is 2.70 bits per heavy atom. The Morgan fingerprint density at radius 2 is 2.09 bits per heavy atom. The minimum absolute atomic E-state index is 0.0736. The summed E-state index contributed by atoms with van der Waals surface area (Å²) in [5.74, 6) is -0.457. The number of nitrogens with one attached hydrogen (secondary N) is 1. The molecule has 2 rings (SSSR count). The molecule has 23 heavy (non-hydrogen) atoms. The molecule has 0 fully saturated rings. The Balaban J connectivity index is 2.41. The summed E-state index contributed by atoms with van der Waals surface area (Å²) in [7, 11) is 0. The van der Waals surface area contributed by atoms with Crippen LogP contribution in [0.4, 0.5) is 13.2 Å². The third kappa shape index (κ3) is 3.77. The van der Waals surface area contributed by atoms with Gasteiger partial charge >= 0.3 is 6.18 Å². The van der Waals surface area contributed by atoms with E-state index < -0.39 is 17.6 Å². The maximum Gasteiger partial charge on any atom is 0.417 e. The van der Waals surface area contributed by atoms with Crippen LogP contribution in [0.1, 0.15) is 47.9 Å². The lowest BCUT2D eigenvalue weighted by atomic mass is 10.2. The SMILES string of the molecule is CCCCCNC(=O)c1c(C)nc2c(Cl)cc(C(F)(F)F)cn12. The van der Waals surface area contributed by atoms with Gasteiger partial charge in [0.2, 0.25) is 0 Å². The van der Waals surface area contributed by atoms with Gasteiger partial charge in [-0.1, -0.05) is 31.4 Å². The quantitative estimate of drug-likeness (QED) is 0.822. The van der Waals surface area contributed by atoms with E-state index in [1.165, 1.54) is 0 Å². The number of hydrogen-bond acceptors (Lipinski definition) is 2. The maximum absolute atomic E-state index is 12.9. The van der Waals surface area contributed by atoms with E-state index in [0.717, 1.165) is 35.9 Å². The smallest absolute Gasteiger partial charge is 0.351 e. The number of aromatic nitrogens is 2. The van der Waals surface area contributed by atoms with Gasteiger partial charge in [-0.2, -0.15) is 13.2 Å². The Morgan fingerprint density at radius 1 is 1.39 bits per heavy atom. The van der Waals surface area contributed by atoms with Gasteiger partial charge in [0.15, 0.2) is 5.65 Å². The number of pyridine rings is 1. The summed E-state index contributed by atoms with van der Waals surface area (Å²) in [4.78, 5) is 16.4. The second kappa shape index (κ2) is 6.78. The van der Waals surface area contributed by atoms with Crippen molar-refractivity contribution in [2.24, 2.45) is 0 Å². The fourth-order valence-electron chi connectivity index (χ4n) is 2.31. The van der Waals surface area contributed by atoms with Crippen molar-refractivity contribution in [1.82, 2.24) is 14.7 Å². The van der Waals surface area contributed by atoms with Crippen molar-refractivity contribution < 1.29 is 18.0 Å². The van der Waals surface area contributed by atoms with Crippen LogP contribution < -0.4 is 5.32 Å². The molecule has 0 radical (unpaired) electrons. The number of amides is 1. The van der Waals surface area contributed by atoms with Crippen molar-refractivity contribution in [2.45, 2.75) is 39.3 Å². The number of halogens is 4. The number of rotatable bonds is 5. The molecule has 0 spiro atoms. The third-order valence-corrected chi connectivity index (χ3v) is 3.74. The molecule has 0 aromatic carbocycles. The van der Waals surface area contributed by atoms with E-state index in [4.69, 9.17) is 11.6 Å². The van der Waals surface area contributed by atoms with Gasteiger partial charge in [-0.05, 0) is 19.4 Å². The number of carbonyl (C=O) groups is 1. The van der Waals surface area contributed by atoms with E-state index in [1.807, 2.05) is 6.92 Å². The van der Waals surface area contributed by atoms with Crippen LogP contribution in [0.15, 0.2) is 12.3 Å². The second-order valence-electron chi connectivity index (χ2n) is 5.28. The molecule has 1 N–H and O–H groups in total. The highest BCUT2D eigenvalue weighted by molar-refractivity contribution is 6.33. The second-order valence-corrected chi connectivity index (χ2v) is 5.68. The lowest BCUT2D eigenvalue weighted by Gasteiger charge is -2.10. The van der Waals surface area contributed by atoms with E-state index in [2.05, 4.69) is 10.3 Å². The summed E-state index contributed by atoms with van der Waals surface area (Å²) in [6.07, 6.45) is -0.912. The van der Waals surface area contributed by atoms with Crippen molar-refractivity contribution in [3.05, 3.63) is 34.2 Å². The molecule has 0 saturated heterocycles. The Kier molecular flexibility index (Phi) is 5.19. The monoisotopic (exact) mass is 347 g/mol. The lowest BCUT2D eigenvalue weighted by molar-refractivity contribution is -0.137. The highest BCUT2D eigenvalue weighted by Crippen LogP contribution is 2.33. The number of imidazole rings is 1. The van der Waals surface area contributed by atoms with Crippen LogP contribution in [0, 0.1) is 6.92 Å². The largest absolute Gasteiger partial charge is 0.417 e. The first-order chi connectivity index (χ1) is 10.8. The van der Waals surface area contributed by atoms with E-state index in [1.54, 1.807) is 6.92 Å². The van der Waals surface area contributed by atoms with Crippen molar-refractivity contribution in [3.63, 3.8) is 0 Å². The zero-order valence-electron chi connectivity index (χ0n) is 12.8. The van der Waals surface area contributed by atoms with Gasteiger partial charge in [0.25, 0.3) is 5.91 Å². The first-order valence-corrected chi connectivity index (χ1v) is 7.67. The van der Waals surface area contributed by atoms with Crippen molar-refractivity contribution >= 4 is 23.2 Å². The summed E-state index contributed by atoms with van der Waals surface area (Å²) in [6, 6.07) is 0.812. The molecule has 8 heteroatoms. The molecule has 2 aromatic rings. The summed E-state index contributed by atoms with van der Waals surface area (Å²) in [5.41, 5.74) is -0.382. The Bertz CT molecular complexity index is 725. The average Bonchev–Trinajstić information content (AvgIpc) is 2.79. The van der Waals surface area contributed by atoms with Gasteiger partial charge in [0, 0.05) is 12.7 Å². The Labute approximate surface area is 136 Å². The zero-order chi connectivity index (χ0) is 17.2.